The lowest BCUT2D eigenvalue weighted by Crippen LogP contribution is -2.41. The van der Waals surface area contributed by atoms with Crippen LogP contribution in [-0.4, -0.2) is 22.0 Å². The minimum atomic E-state index is -3.39. The van der Waals surface area contributed by atoms with E-state index in [4.69, 9.17) is 4.74 Å². The largest absolute Gasteiger partial charge is 0.598 e. The molecule has 1 fully saturated rings. The zero-order valence-electron chi connectivity index (χ0n) is 14.4. The molecule has 1 aliphatic heterocycles. The van der Waals surface area contributed by atoms with Crippen LogP contribution in [-0.2, 0) is 22.0 Å². The first-order valence-corrected chi connectivity index (χ1v) is 9.16. The third kappa shape index (κ3) is 4.07. The highest BCUT2D eigenvalue weighted by Gasteiger charge is 2.46. The van der Waals surface area contributed by atoms with Gasteiger partial charge in [-0.25, -0.2) is 4.39 Å². The number of benzene rings is 1. The third-order valence-corrected chi connectivity index (χ3v) is 5.71. The van der Waals surface area contributed by atoms with Crippen molar-refractivity contribution in [1.29, 1.82) is 0 Å². The monoisotopic (exact) mass is 363 g/mol. The van der Waals surface area contributed by atoms with E-state index in [2.05, 4.69) is 4.72 Å². The molecule has 24 heavy (non-hydrogen) atoms. The molecule has 0 spiro atoms. The van der Waals surface area contributed by atoms with Crippen LogP contribution in [0.5, 0.6) is 0 Å². The van der Waals surface area contributed by atoms with Crippen LogP contribution in [0.1, 0.15) is 57.7 Å². The van der Waals surface area contributed by atoms with Gasteiger partial charge >= 0.3 is 5.92 Å². The molecule has 3 atom stereocenters. The van der Waals surface area contributed by atoms with Crippen LogP contribution in [0.4, 0.5) is 13.2 Å². The molecule has 0 aliphatic carbocycles. The van der Waals surface area contributed by atoms with Crippen LogP contribution in [0.25, 0.3) is 0 Å². The van der Waals surface area contributed by atoms with E-state index in [-0.39, 0.29) is 18.6 Å². The molecule has 1 aliphatic rings. The van der Waals surface area contributed by atoms with E-state index in [1.807, 2.05) is 0 Å². The Balaban J connectivity index is 2.27. The normalized spacial score (nSPS) is 21.8. The van der Waals surface area contributed by atoms with E-state index in [0.717, 1.165) is 6.07 Å². The van der Waals surface area contributed by atoms with E-state index in [1.54, 1.807) is 27.7 Å². The van der Waals surface area contributed by atoms with Crippen LogP contribution in [0, 0.1) is 5.82 Å². The molecule has 2 rings (SSSR count). The maximum absolute atomic E-state index is 14.7. The van der Waals surface area contributed by atoms with E-state index in [9.17, 15) is 17.7 Å². The number of hydrogen-bond donors (Lipinski definition) is 1. The summed E-state index contributed by atoms with van der Waals surface area (Å²) in [7, 11) is 0. The number of hydrogen-bond acceptors (Lipinski definition) is 3. The van der Waals surface area contributed by atoms with E-state index < -0.39 is 45.6 Å². The van der Waals surface area contributed by atoms with Gasteiger partial charge in [0.15, 0.2) is 0 Å². The molecule has 0 radical (unpaired) electrons. The Hall–Kier alpha value is -0.760. The highest BCUT2D eigenvalue weighted by Crippen LogP contribution is 2.40. The van der Waals surface area contributed by atoms with Gasteiger partial charge in [0.1, 0.15) is 16.7 Å². The number of alkyl halides is 2. The molecule has 1 heterocycles. The second-order valence-electron chi connectivity index (χ2n) is 7.05. The second kappa shape index (κ2) is 7.23. The Bertz CT molecular complexity index is 571. The maximum Gasteiger partial charge on any atom is 0.301 e. The summed E-state index contributed by atoms with van der Waals surface area (Å²) < 4.78 is 63.3. The molecule has 7 heteroatoms. The summed E-state index contributed by atoms with van der Waals surface area (Å²) in [5, 5.41) is 0. The van der Waals surface area contributed by atoms with Gasteiger partial charge in [0.25, 0.3) is 0 Å². The van der Waals surface area contributed by atoms with Crippen molar-refractivity contribution in [2.45, 2.75) is 63.4 Å². The number of ether oxygens (including phenoxy) is 1. The molecular weight excluding hydrogens is 339 g/mol. The Morgan fingerprint density at radius 3 is 2.54 bits per heavy atom. The van der Waals surface area contributed by atoms with Crippen LogP contribution >= 0.6 is 0 Å². The van der Waals surface area contributed by atoms with E-state index in [1.165, 1.54) is 12.1 Å². The summed E-state index contributed by atoms with van der Waals surface area (Å²) >= 11 is -1.43. The molecule has 136 valence electrons. The SMILES string of the molecule is C[C@@H](N[S@+]([O-])C(C)(C)C)c1cccc(C(F)(F)C2CCCO2)c1F. The van der Waals surface area contributed by atoms with Gasteiger partial charge in [-0.15, -0.1) is 4.72 Å². The molecule has 0 aromatic heterocycles. The Labute approximate surface area is 144 Å². The van der Waals surface area contributed by atoms with Crippen molar-refractivity contribution in [3.8, 4) is 0 Å². The van der Waals surface area contributed by atoms with Gasteiger partial charge in [0.2, 0.25) is 0 Å². The average Bonchev–Trinajstić information content (AvgIpc) is 3.01. The van der Waals surface area contributed by atoms with Crippen molar-refractivity contribution in [2.75, 3.05) is 6.61 Å². The lowest BCUT2D eigenvalue weighted by atomic mass is 9.96. The summed E-state index contributed by atoms with van der Waals surface area (Å²) in [4.78, 5) is 0. The van der Waals surface area contributed by atoms with Gasteiger partial charge in [0, 0.05) is 23.5 Å². The predicted molar refractivity (Wildman–Crippen MR) is 88.7 cm³/mol. The minimum absolute atomic E-state index is 0.0720. The lowest BCUT2D eigenvalue weighted by Gasteiger charge is -2.28. The van der Waals surface area contributed by atoms with Gasteiger partial charge in [0.05, 0.1) is 11.6 Å². The first-order chi connectivity index (χ1) is 11.0. The molecule has 1 N–H and O–H groups in total. The molecule has 1 unspecified atom stereocenters. The van der Waals surface area contributed by atoms with Gasteiger partial charge in [-0.05, 0) is 46.6 Å². The highest BCUT2D eigenvalue weighted by atomic mass is 32.2. The second-order valence-corrected chi connectivity index (χ2v) is 9.05. The first-order valence-electron chi connectivity index (χ1n) is 8.01. The number of rotatable bonds is 5. The molecule has 1 aromatic carbocycles. The Morgan fingerprint density at radius 2 is 2.00 bits per heavy atom. The molecule has 1 aromatic rings. The van der Waals surface area contributed by atoms with E-state index in [0.29, 0.717) is 6.42 Å². The summed E-state index contributed by atoms with van der Waals surface area (Å²) in [5.74, 6) is -4.36. The minimum Gasteiger partial charge on any atom is -0.598 e. The molecule has 0 saturated carbocycles. The highest BCUT2D eigenvalue weighted by molar-refractivity contribution is 7.90. The zero-order valence-corrected chi connectivity index (χ0v) is 15.2. The van der Waals surface area contributed by atoms with Crippen molar-refractivity contribution in [3.05, 3.63) is 35.1 Å². The molecule has 1 saturated heterocycles. The topological polar surface area (TPSA) is 44.3 Å². The third-order valence-electron chi connectivity index (χ3n) is 4.03. The van der Waals surface area contributed by atoms with Crippen LogP contribution in [0.15, 0.2) is 18.2 Å². The van der Waals surface area contributed by atoms with Crippen molar-refractivity contribution < 1.29 is 22.5 Å². The maximum atomic E-state index is 14.7. The number of nitrogens with one attached hydrogen (secondary N) is 1. The molecule has 3 nitrogen and oxygen atoms in total. The molecule has 0 amide bonds. The number of halogens is 3. The smallest absolute Gasteiger partial charge is 0.301 e. The van der Waals surface area contributed by atoms with Gasteiger partial charge < -0.3 is 9.29 Å². The zero-order chi connectivity index (χ0) is 18.1. The Morgan fingerprint density at radius 1 is 1.33 bits per heavy atom. The summed E-state index contributed by atoms with van der Waals surface area (Å²) in [6.07, 6.45) is -0.544. The predicted octanol–water partition coefficient (Wildman–Crippen LogP) is 4.21. The van der Waals surface area contributed by atoms with E-state index >= 15 is 0 Å². The van der Waals surface area contributed by atoms with Crippen molar-refractivity contribution in [3.63, 3.8) is 0 Å². The molecular formula is C17H24F3NO2S. The Kier molecular flexibility index (Phi) is 5.90. The van der Waals surface area contributed by atoms with Crippen molar-refractivity contribution in [2.24, 2.45) is 0 Å². The fourth-order valence-corrected chi connectivity index (χ4v) is 3.38. The first kappa shape index (κ1) is 19.6. The molecule has 0 bridgehead atoms. The van der Waals surface area contributed by atoms with Crippen molar-refractivity contribution >= 4 is 11.4 Å². The summed E-state index contributed by atoms with van der Waals surface area (Å²) in [5.41, 5.74) is -0.593. The fourth-order valence-electron chi connectivity index (χ4n) is 2.58. The van der Waals surface area contributed by atoms with Gasteiger partial charge in [-0.1, -0.05) is 12.1 Å². The summed E-state index contributed by atoms with van der Waals surface area (Å²) in [6, 6.07) is 3.26. The quantitative estimate of drug-likeness (QED) is 0.797. The van der Waals surface area contributed by atoms with Gasteiger partial charge in [-0.3, -0.25) is 0 Å². The summed E-state index contributed by atoms with van der Waals surface area (Å²) in [6.45, 7) is 7.21. The van der Waals surface area contributed by atoms with Crippen LogP contribution < -0.4 is 4.72 Å². The average molecular weight is 363 g/mol. The fraction of sp³-hybridized carbons (Fsp3) is 0.647. The van der Waals surface area contributed by atoms with Crippen LogP contribution in [0.2, 0.25) is 0 Å². The van der Waals surface area contributed by atoms with Gasteiger partial charge in [-0.2, -0.15) is 8.78 Å². The van der Waals surface area contributed by atoms with Crippen LogP contribution in [0.3, 0.4) is 0 Å². The van der Waals surface area contributed by atoms with Crippen molar-refractivity contribution in [1.82, 2.24) is 4.72 Å². The standard InChI is InChI=1S/C17H24F3NO2S/c1-11(21-24(22)16(2,3)4)12-7-5-8-13(15(12)18)17(19,20)14-9-6-10-23-14/h5,7-8,11,14,21H,6,9-10H2,1-4H3/t11-,14?,24-/m1/s1. The lowest BCUT2D eigenvalue weighted by molar-refractivity contribution is -0.124.